The number of para-hydroxylation sites is 1. The number of methoxy groups -OCH3 is 2. The molecule has 1 fully saturated rings. The maximum Gasteiger partial charge on any atom is 0.229 e. The number of amides is 2. The number of furan rings is 1. The largest absolute Gasteiger partial charge is 0.497 e. The van der Waals surface area contributed by atoms with Crippen molar-refractivity contribution in [1.82, 2.24) is 0 Å². The van der Waals surface area contributed by atoms with Crippen molar-refractivity contribution in [3.63, 3.8) is 0 Å². The number of hydrogen-bond donors (Lipinski definition) is 1. The first kappa shape index (κ1) is 19.9. The molecule has 0 bridgehead atoms. The van der Waals surface area contributed by atoms with E-state index in [1.54, 1.807) is 37.3 Å². The van der Waals surface area contributed by atoms with E-state index in [0.717, 1.165) is 16.4 Å². The minimum Gasteiger partial charge on any atom is -0.497 e. The molecule has 162 valence electrons. The van der Waals surface area contributed by atoms with E-state index in [-0.39, 0.29) is 24.8 Å². The maximum absolute atomic E-state index is 12.9. The highest BCUT2D eigenvalue weighted by Gasteiger charge is 2.36. The zero-order valence-corrected chi connectivity index (χ0v) is 17.8. The summed E-state index contributed by atoms with van der Waals surface area (Å²) in [6.45, 7) is 0.265. The van der Waals surface area contributed by atoms with Crippen LogP contribution in [-0.2, 0) is 9.59 Å². The van der Waals surface area contributed by atoms with Gasteiger partial charge in [0.05, 0.1) is 25.8 Å². The highest BCUT2D eigenvalue weighted by atomic mass is 16.5. The molecular formula is C25H22N2O5. The Morgan fingerprint density at radius 3 is 2.62 bits per heavy atom. The van der Waals surface area contributed by atoms with Gasteiger partial charge in [0, 0.05) is 41.6 Å². The molecule has 0 spiro atoms. The van der Waals surface area contributed by atoms with Gasteiger partial charge < -0.3 is 24.1 Å². The van der Waals surface area contributed by atoms with Crippen LogP contribution in [0.3, 0.4) is 0 Å². The molecule has 4 aromatic rings. The summed E-state index contributed by atoms with van der Waals surface area (Å²) in [5, 5.41) is 4.95. The molecule has 0 radical (unpaired) electrons. The summed E-state index contributed by atoms with van der Waals surface area (Å²) in [6.07, 6.45) is 0.124. The van der Waals surface area contributed by atoms with Gasteiger partial charge in [-0.2, -0.15) is 0 Å². The number of nitrogens with one attached hydrogen (secondary N) is 1. The second kappa shape index (κ2) is 7.92. The molecule has 1 aliphatic heterocycles. The lowest BCUT2D eigenvalue weighted by Gasteiger charge is -2.20. The lowest BCUT2D eigenvalue weighted by atomic mass is 10.1. The molecule has 2 amide bonds. The normalized spacial score (nSPS) is 16.0. The Kier molecular flexibility index (Phi) is 4.93. The smallest absolute Gasteiger partial charge is 0.229 e. The van der Waals surface area contributed by atoms with Crippen LogP contribution in [0.4, 0.5) is 11.4 Å². The summed E-state index contributed by atoms with van der Waals surface area (Å²) >= 11 is 0. The third kappa shape index (κ3) is 3.41. The van der Waals surface area contributed by atoms with Gasteiger partial charge in [-0.05, 0) is 30.3 Å². The minimum atomic E-state index is -0.482. The topological polar surface area (TPSA) is 81.0 Å². The van der Waals surface area contributed by atoms with Crippen LogP contribution >= 0.6 is 0 Å². The predicted molar refractivity (Wildman–Crippen MR) is 122 cm³/mol. The number of fused-ring (bicyclic) bond motifs is 3. The fourth-order valence-electron chi connectivity index (χ4n) is 4.17. The molecule has 32 heavy (non-hydrogen) atoms. The van der Waals surface area contributed by atoms with Crippen LogP contribution in [0.2, 0.25) is 0 Å². The lowest BCUT2D eigenvalue weighted by Crippen LogP contribution is -2.28. The molecule has 1 saturated heterocycles. The van der Waals surface area contributed by atoms with Gasteiger partial charge in [0.15, 0.2) is 0 Å². The van der Waals surface area contributed by atoms with Crippen LogP contribution in [0.1, 0.15) is 6.42 Å². The summed E-state index contributed by atoms with van der Waals surface area (Å²) in [7, 11) is 3.11. The van der Waals surface area contributed by atoms with Crippen molar-refractivity contribution in [2.24, 2.45) is 5.92 Å². The van der Waals surface area contributed by atoms with E-state index >= 15 is 0 Å². The number of carbonyl (C=O) groups is 2. The summed E-state index contributed by atoms with van der Waals surface area (Å²) in [5.41, 5.74) is 2.73. The SMILES string of the molecule is COc1ccc(OC)c(N2C[C@@H](C(=O)Nc3ccc4c(c3)oc3ccccc34)CC2=O)c1. The molecule has 5 rings (SSSR count). The Balaban J connectivity index is 1.36. The molecule has 1 atom stereocenters. The second-order valence-corrected chi connectivity index (χ2v) is 7.74. The average Bonchev–Trinajstić information content (AvgIpc) is 3.38. The first-order valence-electron chi connectivity index (χ1n) is 10.3. The zero-order chi connectivity index (χ0) is 22.2. The van der Waals surface area contributed by atoms with E-state index in [2.05, 4.69) is 5.32 Å². The molecule has 1 aliphatic rings. The van der Waals surface area contributed by atoms with E-state index in [4.69, 9.17) is 13.9 Å². The van der Waals surface area contributed by atoms with Crippen molar-refractivity contribution < 1.29 is 23.5 Å². The summed E-state index contributed by atoms with van der Waals surface area (Å²) in [4.78, 5) is 27.2. The van der Waals surface area contributed by atoms with E-state index in [0.29, 0.717) is 28.5 Å². The van der Waals surface area contributed by atoms with Gasteiger partial charge in [-0.3, -0.25) is 9.59 Å². The average molecular weight is 430 g/mol. The summed E-state index contributed by atoms with van der Waals surface area (Å²) in [5.74, 6) is 0.337. The molecule has 1 N–H and O–H groups in total. The molecule has 0 aliphatic carbocycles. The molecule has 7 heteroatoms. The van der Waals surface area contributed by atoms with Crippen molar-refractivity contribution in [3.05, 3.63) is 60.7 Å². The van der Waals surface area contributed by atoms with Gasteiger partial charge in [-0.1, -0.05) is 18.2 Å². The lowest BCUT2D eigenvalue weighted by molar-refractivity contribution is -0.122. The Morgan fingerprint density at radius 1 is 1.00 bits per heavy atom. The number of hydrogen-bond acceptors (Lipinski definition) is 5. The second-order valence-electron chi connectivity index (χ2n) is 7.74. The fourth-order valence-corrected chi connectivity index (χ4v) is 4.17. The Labute approximate surface area is 184 Å². The van der Waals surface area contributed by atoms with Crippen LogP contribution in [0, 0.1) is 5.92 Å². The van der Waals surface area contributed by atoms with Crippen LogP contribution in [0.15, 0.2) is 65.1 Å². The first-order chi connectivity index (χ1) is 15.6. The van der Waals surface area contributed by atoms with Crippen LogP contribution in [0.25, 0.3) is 21.9 Å². The Morgan fingerprint density at radius 2 is 1.81 bits per heavy atom. The quantitative estimate of drug-likeness (QED) is 0.501. The van der Waals surface area contributed by atoms with E-state index in [1.807, 2.05) is 42.5 Å². The molecule has 3 aromatic carbocycles. The Bertz CT molecular complexity index is 1340. The van der Waals surface area contributed by atoms with E-state index in [1.165, 1.54) is 0 Å². The molecular weight excluding hydrogens is 408 g/mol. The third-order valence-corrected chi connectivity index (χ3v) is 5.82. The molecule has 0 saturated carbocycles. The first-order valence-corrected chi connectivity index (χ1v) is 10.3. The van der Waals surface area contributed by atoms with Crippen molar-refractivity contribution >= 4 is 45.1 Å². The molecule has 0 unspecified atom stereocenters. The van der Waals surface area contributed by atoms with Gasteiger partial charge in [0.2, 0.25) is 11.8 Å². The number of anilines is 2. The summed E-state index contributed by atoms with van der Waals surface area (Å²) in [6, 6.07) is 18.7. The van der Waals surface area contributed by atoms with Crippen LogP contribution < -0.4 is 19.7 Å². The standard InChI is InChI=1S/C25H22N2O5/c1-30-17-8-10-22(31-2)20(13-17)27-14-15(11-24(27)28)25(29)26-16-7-9-19-18-5-3-4-6-21(18)32-23(19)12-16/h3-10,12-13,15H,11,14H2,1-2H3,(H,26,29)/t15-/m0/s1. The molecule has 1 aromatic heterocycles. The van der Waals surface area contributed by atoms with Gasteiger partial charge in [-0.15, -0.1) is 0 Å². The van der Waals surface area contributed by atoms with Crippen molar-refractivity contribution in [3.8, 4) is 11.5 Å². The number of benzene rings is 3. The highest BCUT2D eigenvalue weighted by Crippen LogP contribution is 2.36. The van der Waals surface area contributed by atoms with Gasteiger partial charge in [-0.25, -0.2) is 0 Å². The van der Waals surface area contributed by atoms with Gasteiger partial charge in [0.25, 0.3) is 0 Å². The summed E-state index contributed by atoms with van der Waals surface area (Å²) < 4.78 is 16.6. The fraction of sp³-hybridized carbons (Fsp3) is 0.200. The maximum atomic E-state index is 12.9. The minimum absolute atomic E-state index is 0.124. The van der Waals surface area contributed by atoms with Crippen molar-refractivity contribution in [2.75, 3.05) is 31.0 Å². The number of carbonyl (C=O) groups excluding carboxylic acids is 2. The van der Waals surface area contributed by atoms with Crippen molar-refractivity contribution in [2.45, 2.75) is 6.42 Å². The van der Waals surface area contributed by atoms with Gasteiger partial charge in [0.1, 0.15) is 22.7 Å². The van der Waals surface area contributed by atoms with E-state index in [9.17, 15) is 9.59 Å². The molecule has 7 nitrogen and oxygen atoms in total. The predicted octanol–water partition coefficient (Wildman–Crippen LogP) is 4.59. The number of rotatable bonds is 5. The zero-order valence-electron chi connectivity index (χ0n) is 17.8. The van der Waals surface area contributed by atoms with Gasteiger partial charge >= 0.3 is 0 Å². The molecule has 2 heterocycles. The number of nitrogens with zero attached hydrogens (tertiary/aromatic N) is 1. The number of ether oxygens (including phenoxy) is 2. The monoisotopic (exact) mass is 430 g/mol. The van der Waals surface area contributed by atoms with Crippen LogP contribution in [-0.4, -0.2) is 32.6 Å². The van der Waals surface area contributed by atoms with Crippen LogP contribution in [0.5, 0.6) is 11.5 Å². The highest BCUT2D eigenvalue weighted by molar-refractivity contribution is 6.07. The Hall–Kier alpha value is -4.00. The van der Waals surface area contributed by atoms with Crippen molar-refractivity contribution in [1.29, 1.82) is 0 Å². The van der Waals surface area contributed by atoms with E-state index < -0.39 is 5.92 Å². The third-order valence-electron chi connectivity index (χ3n) is 5.82.